The van der Waals surface area contributed by atoms with Crippen molar-refractivity contribution in [3.05, 3.63) is 29.1 Å². The lowest BCUT2D eigenvalue weighted by molar-refractivity contribution is -0.134. The van der Waals surface area contributed by atoms with Gasteiger partial charge in [-0.05, 0) is 44.4 Å². The minimum Gasteiger partial charge on any atom is -0.391 e. The van der Waals surface area contributed by atoms with E-state index in [9.17, 15) is 9.90 Å². The molecule has 5 heteroatoms. The molecule has 0 aliphatic heterocycles. The van der Waals surface area contributed by atoms with Gasteiger partial charge in [0.05, 0.1) is 18.3 Å². The molecule has 1 saturated carbocycles. The van der Waals surface area contributed by atoms with Crippen molar-refractivity contribution in [3.63, 3.8) is 0 Å². The maximum absolute atomic E-state index is 12.3. The van der Waals surface area contributed by atoms with Crippen molar-refractivity contribution >= 4 is 5.91 Å². The Balaban J connectivity index is 2.01. The molecule has 3 atom stereocenters. The molecule has 1 aliphatic rings. The highest BCUT2D eigenvalue weighted by Gasteiger charge is 2.36. The van der Waals surface area contributed by atoms with Gasteiger partial charge in [0.25, 0.3) is 0 Å². The van der Waals surface area contributed by atoms with Gasteiger partial charge >= 0.3 is 0 Å². The third kappa shape index (κ3) is 3.35. The van der Waals surface area contributed by atoms with Crippen molar-refractivity contribution in [2.45, 2.75) is 45.4 Å². The Morgan fingerprint density at radius 3 is 2.70 bits per heavy atom. The van der Waals surface area contributed by atoms with Gasteiger partial charge in [-0.15, -0.1) is 0 Å². The summed E-state index contributed by atoms with van der Waals surface area (Å²) in [5, 5.41) is 9.65. The van der Waals surface area contributed by atoms with E-state index in [2.05, 4.69) is 4.98 Å². The van der Waals surface area contributed by atoms with E-state index in [1.54, 1.807) is 11.9 Å². The van der Waals surface area contributed by atoms with Gasteiger partial charge in [-0.1, -0.05) is 0 Å². The largest absolute Gasteiger partial charge is 0.391 e. The summed E-state index contributed by atoms with van der Waals surface area (Å²) in [5.41, 5.74) is 8.76. The smallest absolute Gasteiger partial charge is 0.225 e. The van der Waals surface area contributed by atoms with Crippen LogP contribution in [0.3, 0.4) is 0 Å². The molecule has 0 spiro atoms. The normalized spacial score (nSPS) is 25.8. The Morgan fingerprint density at radius 2 is 2.15 bits per heavy atom. The second-order valence-corrected chi connectivity index (χ2v) is 5.87. The fraction of sp³-hybridized carbons (Fsp3) is 0.600. The zero-order valence-corrected chi connectivity index (χ0v) is 12.3. The third-order valence-electron chi connectivity index (χ3n) is 3.85. The molecular weight excluding hydrogens is 254 g/mol. The van der Waals surface area contributed by atoms with Gasteiger partial charge in [-0.3, -0.25) is 9.78 Å². The summed E-state index contributed by atoms with van der Waals surface area (Å²) in [6.45, 7) is 4.46. The van der Waals surface area contributed by atoms with Gasteiger partial charge in [-0.2, -0.15) is 0 Å². The fourth-order valence-corrected chi connectivity index (χ4v) is 2.89. The first kappa shape index (κ1) is 14.9. The average molecular weight is 277 g/mol. The van der Waals surface area contributed by atoms with Gasteiger partial charge in [0.2, 0.25) is 5.91 Å². The van der Waals surface area contributed by atoms with E-state index < -0.39 is 6.10 Å². The van der Waals surface area contributed by atoms with Crippen molar-refractivity contribution < 1.29 is 9.90 Å². The van der Waals surface area contributed by atoms with Gasteiger partial charge < -0.3 is 15.7 Å². The topological polar surface area (TPSA) is 79.5 Å². The summed E-state index contributed by atoms with van der Waals surface area (Å²) in [5.74, 6) is -0.131. The number of aryl methyl sites for hydroxylation is 2. The first-order chi connectivity index (χ1) is 9.36. The summed E-state index contributed by atoms with van der Waals surface area (Å²) < 4.78 is 0. The maximum Gasteiger partial charge on any atom is 0.225 e. The highest BCUT2D eigenvalue weighted by Crippen LogP contribution is 2.26. The number of amides is 1. The van der Waals surface area contributed by atoms with Crippen LogP contribution in [0, 0.1) is 19.8 Å². The van der Waals surface area contributed by atoms with E-state index in [-0.39, 0.29) is 17.9 Å². The summed E-state index contributed by atoms with van der Waals surface area (Å²) in [7, 11) is 1.78. The van der Waals surface area contributed by atoms with Crippen LogP contribution in [-0.4, -0.2) is 40.1 Å². The molecule has 1 aliphatic carbocycles. The van der Waals surface area contributed by atoms with Crippen LogP contribution in [-0.2, 0) is 11.3 Å². The van der Waals surface area contributed by atoms with Crippen LogP contribution in [0.4, 0.5) is 0 Å². The number of pyridine rings is 1. The Labute approximate surface area is 119 Å². The molecule has 0 radical (unpaired) electrons. The van der Waals surface area contributed by atoms with Gasteiger partial charge in [0, 0.05) is 24.7 Å². The Kier molecular flexibility index (Phi) is 4.40. The van der Waals surface area contributed by atoms with E-state index in [4.69, 9.17) is 5.73 Å². The Morgan fingerprint density at radius 1 is 1.45 bits per heavy atom. The first-order valence-electron chi connectivity index (χ1n) is 6.99. The van der Waals surface area contributed by atoms with Crippen molar-refractivity contribution in [2.24, 2.45) is 11.7 Å². The molecule has 3 N–H and O–H groups in total. The van der Waals surface area contributed by atoms with Gasteiger partial charge in [0.15, 0.2) is 0 Å². The van der Waals surface area contributed by atoms with E-state index in [1.165, 1.54) is 0 Å². The molecule has 0 bridgehead atoms. The predicted molar refractivity (Wildman–Crippen MR) is 76.9 cm³/mol. The van der Waals surface area contributed by atoms with E-state index >= 15 is 0 Å². The highest BCUT2D eigenvalue weighted by atomic mass is 16.3. The fourth-order valence-electron chi connectivity index (χ4n) is 2.89. The number of aliphatic hydroxyl groups excluding tert-OH is 1. The van der Waals surface area contributed by atoms with Crippen molar-refractivity contribution in [3.8, 4) is 0 Å². The third-order valence-corrected chi connectivity index (χ3v) is 3.85. The van der Waals surface area contributed by atoms with Crippen LogP contribution in [0.15, 0.2) is 12.1 Å². The van der Waals surface area contributed by atoms with Crippen LogP contribution in [0.2, 0.25) is 0 Å². The number of nitrogens with two attached hydrogens (primary N) is 1. The number of hydrogen-bond acceptors (Lipinski definition) is 4. The quantitative estimate of drug-likeness (QED) is 0.854. The van der Waals surface area contributed by atoms with Crippen LogP contribution < -0.4 is 5.73 Å². The Hall–Kier alpha value is -1.46. The van der Waals surface area contributed by atoms with Gasteiger partial charge in [0.1, 0.15) is 0 Å². The number of nitrogens with zero attached hydrogens (tertiary/aromatic N) is 2. The number of carbonyl (C=O) groups excluding carboxylic acids is 1. The van der Waals surface area contributed by atoms with E-state index in [0.29, 0.717) is 19.4 Å². The van der Waals surface area contributed by atoms with E-state index in [0.717, 1.165) is 17.0 Å². The number of aliphatic hydroxyl groups is 1. The minimum atomic E-state index is -0.559. The summed E-state index contributed by atoms with van der Waals surface area (Å²) in [4.78, 5) is 18.5. The number of carbonyl (C=O) groups is 1. The predicted octanol–water partition coefficient (Wildman–Crippen LogP) is 0.755. The molecule has 5 nitrogen and oxygen atoms in total. The van der Waals surface area contributed by atoms with Crippen molar-refractivity contribution in [1.82, 2.24) is 9.88 Å². The van der Waals surface area contributed by atoms with E-state index in [1.807, 2.05) is 26.0 Å². The summed E-state index contributed by atoms with van der Waals surface area (Å²) >= 11 is 0. The molecule has 1 heterocycles. The van der Waals surface area contributed by atoms with Crippen LogP contribution >= 0.6 is 0 Å². The molecular formula is C15H23N3O2. The lowest BCUT2D eigenvalue weighted by atomic mass is 10.1. The second-order valence-electron chi connectivity index (χ2n) is 5.87. The van der Waals surface area contributed by atoms with Crippen molar-refractivity contribution in [1.29, 1.82) is 0 Å². The summed E-state index contributed by atoms with van der Waals surface area (Å²) in [6.07, 6.45) is 0.464. The van der Waals surface area contributed by atoms with Crippen LogP contribution in [0.1, 0.15) is 29.8 Å². The molecule has 0 unspecified atom stereocenters. The zero-order valence-electron chi connectivity index (χ0n) is 12.3. The first-order valence-corrected chi connectivity index (χ1v) is 6.99. The molecule has 1 amide bonds. The van der Waals surface area contributed by atoms with Crippen LogP contribution in [0.25, 0.3) is 0 Å². The summed E-state index contributed by atoms with van der Waals surface area (Å²) in [6, 6.07) is 3.72. The molecule has 0 aromatic carbocycles. The van der Waals surface area contributed by atoms with Crippen LogP contribution in [0.5, 0.6) is 0 Å². The monoisotopic (exact) mass is 277 g/mol. The SMILES string of the molecule is Cc1cc(C)nc(CN(C)C(=O)[C@H]2C[C@H](N)[C@@H](O)C2)c1. The molecule has 20 heavy (non-hydrogen) atoms. The molecule has 1 fully saturated rings. The second kappa shape index (κ2) is 5.89. The minimum absolute atomic E-state index is 0.0398. The van der Waals surface area contributed by atoms with Gasteiger partial charge in [-0.25, -0.2) is 0 Å². The number of rotatable bonds is 3. The Bertz CT molecular complexity index is 474. The highest BCUT2D eigenvalue weighted by molar-refractivity contribution is 5.79. The number of aromatic nitrogens is 1. The lowest BCUT2D eigenvalue weighted by Crippen LogP contribution is -2.32. The molecule has 1 aromatic rings. The molecule has 110 valence electrons. The average Bonchev–Trinajstić information content (AvgIpc) is 2.67. The molecule has 2 rings (SSSR count). The molecule has 0 saturated heterocycles. The van der Waals surface area contributed by atoms with Crippen molar-refractivity contribution in [2.75, 3.05) is 7.05 Å². The lowest BCUT2D eigenvalue weighted by Gasteiger charge is -2.21. The molecule has 1 aromatic heterocycles. The maximum atomic E-state index is 12.3. The number of hydrogen-bond donors (Lipinski definition) is 2. The zero-order chi connectivity index (χ0) is 14.9. The standard InChI is InChI=1S/C15H23N3O2/c1-9-4-10(2)17-12(5-9)8-18(3)15(20)11-6-13(16)14(19)7-11/h4-5,11,13-14,19H,6-8,16H2,1-3H3/t11-,13-,14-/m0/s1.